The van der Waals surface area contributed by atoms with Gasteiger partial charge in [0.05, 0.1) is 0 Å². The lowest BCUT2D eigenvalue weighted by atomic mass is 10.2. The zero-order chi connectivity index (χ0) is 5.28. The van der Waals surface area contributed by atoms with Gasteiger partial charge in [0, 0.05) is 6.04 Å². The van der Waals surface area contributed by atoms with Crippen molar-refractivity contribution in [3.63, 3.8) is 0 Å². The summed E-state index contributed by atoms with van der Waals surface area (Å²) in [5.74, 6) is 0.937. The first kappa shape index (κ1) is 5.10. The van der Waals surface area contributed by atoms with Crippen LogP contribution in [0.1, 0.15) is 26.2 Å². The Bertz CT molecular complexity index is 55.2. The van der Waals surface area contributed by atoms with E-state index in [2.05, 4.69) is 0 Å². The van der Waals surface area contributed by atoms with Gasteiger partial charge in [0.1, 0.15) is 0 Å². The molecule has 1 fully saturated rings. The highest BCUT2D eigenvalue weighted by Crippen LogP contribution is 2.33. The molecule has 0 saturated heterocycles. The van der Waals surface area contributed by atoms with Crippen LogP contribution in [0.4, 0.5) is 0 Å². The topological polar surface area (TPSA) is 23.8 Å². The molecular formula is C6H12N. The molecule has 41 valence electrons. The van der Waals surface area contributed by atoms with Crippen LogP contribution in [0, 0.1) is 5.92 Å². The van der Waals surface area contributed by atoms with Gasteiger partial charge in [-0.25, -0.2) is 0 Å². The van der Waals surface area contributed by atoms with Crippen LogP contribution < -0.4 is 5.73 Å². The van der Waals surface area contributed by atoms with Gasteiger partial charge in [0.2, 0.25) is 0 Å². The number of hydrogen-bond donors (Lipinski definition) is 0. The average Bonchev–Trinajstić information content (AvgIpc) is 2.17. The summed E-state index contributed by atoms with van der Waals surface area (Å²) in [5, 5.41) is 0. The maximum Gasteiger partial charge on any atom is 0.0187 e. The van der Waals surface area contributed by atoms with Crippen molar-refractivity contribution in [3.8, 4) is 0 Å². The molecule has 0 bridgehead atoms. The third-order valence-electron chi connectivity index (χ3n) is 1.38. The van der Waals surface area contributed by atoms with Gasteiger partial charge in [0.25, 0.3) is 0 Å². The molecule has 1 atom stereocenters. The average molecular weight is 98.2 g/mol. The van der Waals surface area contributed by atoms with E-state index in [9.17, 15) is 0 Å². The Morgan fingerprint density at radius 3 is 2.43 bits per heavy atom. The normalized spacial score (nSPS) is 24.9. The van der Waals surface area contributed by atoms with E-state index in [1.54, 1.807) is 0 Å². The summed E-state index contributed by atoms with van der Waals surface area (Å²) < 4.78 is 0. The molecule has 7 heavy (non-hydrogen) atoms. The van der Waals surface area contributed by atoms with Gasteiger partial charge in [-0.05, 0) is 19.3 Å². The highest BCUT2D eigenvalue weighted by atomic mass is 14.6. The van der Waals surface area contributed by atoms with Crippen LogP contribution >= 0.6 is 0 Å². The lowest BCUT2D eigenvalue weighted by Crippen LogP contribution is -2.01. The SMILES string of the molecule is CC([NH])CC1CC1. The molecule has 1 N–H and O–H groups in total. The predicted octanol–water partition coefficient (Wildman–Crippen LogP) is 1.46. The molecule has 1 aliphatic rings. The van der Waals surface area contributed by atoms with Gasteiger partial charge in [-0.15, -0.1) is 0 Å². The minimum Gasteiger partial charge on any atom is -0.255 e. The first-order valence-electron chi connectivity index (χ1n) is 3.00. The van der Waals surface area contributed by atoms with Crippen molar-refractivity contribution in [2.45, 2.75) is 32.2 Å². The lowest BCUT2D eigenvalue weighted by molar-refractivity contribution is 0.596. The van der Waals surface area contributed by atoms with Crippen LogP contribution in [0.25, 0.3) is 0 Å². The first-order valence-corrected chi connectivity index (χ1v) is 3.00. The van der Waals surface area contributed by atoms with Gasteiger partial charge in [-0.2, -0.15) is 0 Å². The van der Waals surface area contributed by atoms with E-state index in [-0.39, 0.29) is 6.04 Å². The smallest absolute Gasteiger partial charge is 0.0187 e. The minimum atomic E-state index is 0.187. The summed E-state index contributed by atoms with van der Waals surface area (Å²) in [5.41, 5.74) is 7.15. The van der Waals surface area contributed by atoms with Crippen LogP contribution in [0.2, 0.25) is 0 Å². The number of hydrogen-bond acceptors (Lipinski definition) is 0. The monoisotopic (exact) mass is 98.1 g/mol. The zero-order valence-electron chi connectivity index (χ0n) is 4.78. The Kier molecular flexibility index (Phi) is 1.33. The van der Waals surface area contributed by atoms with E-state index in [0.717, 1.165) is 12.3 Å². The molecule has 1 heteroatoms. The molecule has 1 radical (unpaired) electrons. The fourth-order valence-corrected chi connectivity index (χ4v) is 0.854. The second-order valence-electron chi connectivity index (χ2n) is 2.58. The maximum atomic E-state index is 7.15. The zero-order valence-corrected chi connectivity index (χ0v) is 4.78. The molecule has 1 saturated carbocycles. The van der Waals surface area contributed by atoms with Gasteiger partial charge in [-0.3, -0.25) is 5.73 Å². The van der Waals surface area contributed by atoms with E-state index in [1.165, 1.54) is 12.8 Å². The molecule has 1 rings (SSSR count). The summed E-state index contributed by atoms with van der Waals surface area (Å²) in [7, 11) is 0. The van der Waals surface area contributed by atoms with E-state index < -0.39 is 0 Å². The molecule has 0 aromatic heterocycles. The molecule has 0 heterocycles. The first-order chi connectivity index (χ1) is 3.29. The Morgan fingerprint density at radius 1 is 1.71 bits per heavy atom. The fourth-order valence-electron chi connectivity index (χ4n) is 0.854. The van der Waals surface area contributed by atoms with Crippen LogP contribution in [0.15, 0.2) is 0 Å². The molecule has 0 aromatic rings. The minimum absolute atomic E-state index is 0.187. The van der Waals surface area contributed by atoms with E-state index in [4.69, 9.17) is 5.73 Å². The van der Waals surface area contributed by atoms with Crippen LogP contribution in [-0.2, 0) is 0 Å². The summed E-state index contributed by atoms with van der Waals surface area (Å²) in [6, 6.07) is 0.187. The quantitative estimate of drug-likeness (QED) is 0.499. The van der Waals surface area contributed by atoms with E-state index in [1.807, 2.05) is 6.92 Å². The molecule has 1 unspecified atom stereocenters. The summed E-state index contributed by atoms with van der Waals surface area (Å²) >= 11 is 0. The van der Waals surface area contributed by atoms with Crippen molar-refractivity contribution in [1.82, 2.24) is 5.73 Å². The standard InChI is InChI=1S/C6H12N/c1-5(7)4-6-2-3-6/h5-7H,2-4H2,1H3. The summed E-state index contributed by atoms with van der Waals surface area (Å²) in [6.45, 7) is 1.97. The molecule has 1 nitrogen and oxygen atoms in total. The van der Waals surface area contributed by atoms with Gasteiger partial charge in [0.15, 0.2) is 0 Å². The Balaban J connectivity index is 1.97. The van der Waals surface area contributed by atoms with Crippen molar-refractivity contribution >= 4 is 0 Å². The summed E-state index contributed by atoms with van der Waals surface area (Å²) in [4.78, 5) is 0. The van der Waals surface area contributed by atoms with Crippen molar-refractivity contribution in [2.24, 2.45) is 5.92 Å². The Morgan fingerprint density at radius 2 is 2.29 bits per heavy atom. The molecule has 0 aliphatic heterocycles. The van der Waals surface area contributed by atoms with Crippen molar-refractivity contribution < 1.29 is 0 Å². The second-order valence-corrected chi connectivity index (χ2v) is 2.58. The highest BCUT2D eigenvalue weighted by molar-refractivity contribution is 4.75. The van der Waals surface area contributed by atoms with Gasteiger partial charge < -0.3 is 0 Å². The van der Waals surface area contributed by atoms with Crippen LogP contribution in [-0.4, -0.2) is 6.04 Å². The Labute approximate surface area is 44.9 Å². The van der Waals surface area contributed by atoms with E-state index >= 15 is 0 Å². The lowest BCUT2D eigenvalue weighted by Gasteiger charge is -1.97. The third-order valence-corrected chi connectivity index (χ3v) is 1.38. The van der Waals surface area contributed by atoms with Crippen LogP contribution in [0.3, 0.4) is 0 Å². The molecule has 0 spiro atoms. The molecule has 0 aromatic carbocycles. The van der Waals surface area contributed by atoms with Gasteiger partial charge in [-0.1, -0.05) is 12.8 Å². The molecule has 0 amide bonds. The predicted molar refractivity (Wildman–Crippen MR) is 29.9 cm³/mol. The van der Waals surface area contributed by atoms with Crippen molar-refractivity contribution in [1.29, 1.82) is 0 Å². The second kappa shape index (κ2) is 1.83. The highest BCUT2D eigenvalue weighted by Gasteiger charge is 2.21. The van der Waals surface area contributed by atoms with Crippen molar-refractivity contribution in [3.05, 3.63) is 0 Å². The number of rotatable bonds is 2. The maximum absolute atomic E-state index is 7.15. The Hall–Kier alpha value is -0.0400. The summed E-state index contributed by atoms with van der Waals surface area (Å²) in [6.07, 6.45) is 3.92. The van der Waals surface area contributed by atoms with Gasteiger partial charge >= 0.3 is 0 Å². The molecular weight excluding hydrogens is 86.1 g/mol. The third kappa shape index (κ3) is 1.93. The van der Waals surface area contributed by atoms with Crippen LogP contribution in [0.5, 0.6) is 0 Å². The fraction of sp³-hybridized carbons (Fsp3) is 1.00. The van der Waals surface area contributed by atoms with Crippen molar-refractivity contribution in [2.75, 3.05) is 0 Å². The van der Waals surface area contributed by atoms with E-state index in [0.29, 0.717) is 0 Å². The number of nitrogens with one attached hydrogen (secondary N) is 1. The largest absolute Gasteiger partial charge is 0.255 e. The molecule has 1 aliphatic carbocycles.